The van der Waals surface area contributed by atoms with Crippen molar-refractivity contribution in [2.45, 2.75) is 374 Å². The van der Waals surface area contributed by atoms with Crippen molar-refractivity contribution >= 4 is 17.9 Å². The van der Waals surface area contributed by atoms with E-state index < -0.39 is 6.10 Å². The number of rotatable bonds is 65. The molecule has 0 heterocycles. The van der Waals surface area contributed by atoms with Crippen LogP contribution in [0.1, 0.15) is 367 Å². The zero-order valence-corrected chi connectivity index (χ0v) is 54.1. The van der Waals surface area contributed by atoms with Crippen LogP contribution in [-0.4, -0.2) is 37.2 Å². The van der Waals surface area contributed by atoms with Gasteiger partial charge in [-0.2, -0.15) is 0 Å². The van der Waals surface area contributed by atoms with Crippen LogP contribution in [0, 0.1) is 0 Å². The molecular weight excluding hydrogens is 997 g/mol. The average Bonchev–Trinajstić information content (AvgIpc) is 3.46. The lowest BCUT2D eigenvalue weighted by atomic mass is 10.0. The topological polar surface area (TPSA) is 78.9 Å². The van der Waals surface area contributed by atoms with E-state index in [9.17, 15) is 14.4 Å². The molecule has 0 amide bonds. The Morgan fingerprint density at radius 2 is 0.481 bits per heavy atom. The standard InChI is InChI=1S/C75H134O6/c1-4-7-10-13-16-19-22-25-27-29-31-33-35-36-37-38-40-41-43-45-47-50-53-56-59-62-65-68-74(77)80-71-72(70-79-73(76)67-64-61-58-55-52-49-24-21-18-15-12-9-6-3)81-75(78)69-66-63-60-57-54-51-48-46-44-42-39-34-32-30-28-26-23-20-17-14-11-8-5-2/h8,11,17,20,22,25-26,28-29,31-32,34,72H,4-7,9-10,12-16,18-19,21,23-24,27,30,33,35-71H2,1-3H3/b11-8-,20-17-,25-22-,28-26-,31-29-,34-32-. The molecule has 0 N–H and O–H groups in total. The highest BCUT2D eigenvalue weighted by Crippen LogP contribution is 2.18. The summed E-state index contributed by atoms with van der Waals surface area (Å²) in [5.74, 6) is -0.855. The Hall–Kier alpha value is -3.15. The number of hydrogen-bond acceptors (Lipinski definition) is 6. The number of hydrogen-bond donors (Lipinski definition) is 0. The summed E-state index contributed by atoms with van der Waals surface area (Å²) < 4.78 is 17.0. The van der Waals surface area contributed by atoms with Crippen molar-refractivity contribution in [2.75, 3.05) is 13.2 Å². The van der Waals surface area contributed by atoms with Crippen molar-refractivity contribution < 1.29 is 28.6 Å². The lowest BCUT2D eigenvalue weighted by Gasteiger charge is -2.18. The Labute approximate surface area is 503 Å². The fraction of sp³-hybridized carbons (Fsp3) is 0.800. The summed E-state index contributed by atoms with van der Waals surface area (Å²) in [6.45, 7) is 6.57. The van der Waals surface area contributed by atoms with Gasteiger partial charge in [0.15, 0.2) is 6.10 Å². The summed E-state index contributed by atoms with van der Waals surface area (Å²) in [5, 5.41) is 0. The first kappa shape index (κ1) is 77.9. The van der Waals surface area contributed by atoms with Crippen LogP contribution >= 0.6 is 0 Å². The normalized spacial score (nSPS) is 12.5. The van der Waals surface area contributed by atoms with Gasteiger partial charge in [0.25, 0.3) is 0 Å². The minimum atomic E-state index is -0.777. The van der Waals surface area contributed by atoms with Gasteiger partial charge in [-0.25, -0.2) is 0 Å². The molecule has 1 unspecified atom stereocenters. The Morgan fingerprint density at radius 3 is 0.753 bits per heavy atom. The third kappa shape index (κ3) is 67.5. The molecule has 0 fully saturated rings. The van der Waals surface area contributed by atoms with Gasteiger partial charge in [-0.1, -0.05) is 331 Å². The highest BCUT2D eigenvalue weighted by atomic mass is 16.6. The second kappa shape index (κ2) is 69.3. The first-order chi connectivity index (χ1) is 40.0. The van der Waals surface area contributed by atoms with E-state index in [0.29, 0.717) is 19.3 Å². The van der Waals surface area contributed by atoms with E-state index in [1.54, 1.807) is 0 Å². The van der Waals surface area contributed by atoms with Gasteiger partial charge in [0.2, 0.25) is 0 Å². The minimum absolute atomic E-state index is 0.0724. The van der Waals surface area contributed by atoms with Gasteiger partial charge >= 0.3 is 17.9 Å². The lowest BCUT2D eigenvalue weighted by Crippen LogP contribution is -2.30. The van der Waals surface area contributed by atoms with Gasteiger partial charge in [-0.3, -0.25) is 14.4 Å². The number of unbranched alkanes of at least 4 members (excludes halogenated alkanes) is 42. The Balaban J connectivity index is 4.25. The molecular formula is C75H134O6. The fourth-order valence-electron chi connectivity index (χ4n) is 10.4. The second-order valence-electron chi connectivity index (χ2n) is 23.8. The molecule has 6 nitrogen and oxygen atoms in total. The van der Waals surface area contributed by atoms with Crippen LogP contribution in [0.25, 0.3) is 0 Å². The molecule has 0 radical (unpaired) electrons. The van der Waals surface area contributed by atoms with E-state index in [4.69, 9.17) is 14.2 Å². The van der Waals surface area contributed by atoms with Gasteiger partial charge < -0.3 is 14.2 Å². The van der Waals surface area contributed by atoms with E-state index in [-0.39, 0.29) is 31.1 Å². The van der Waals surface area contributed by atoms with Crippen molar-refractivity contribution in [1.29, 1.82) is 0 Å². The van der Waals surface area contributed by atoms with Crippen LogP contribution < -0.4 is 0 Å². The maximum absolute atomic E-state index is 13.0. The molecule has 0 aromatic heterocycles. The Bertz CT molecular complexity index is 1490. The molecule has 0 rings (SSSR count). The molecule has 81 heavy (non-hydrogen) atoms. The molecule has 0 aliphatic rings. The van der Waals surface area contributed by atoms with Crippen LogP contribution in [0.5, 0.6) is 0 Å². The summed E-state index contributed by atoms with van der Waals surface area (Å²) in [6.07, 6.45) is 90.7. The molecule has 1 atom stereocenters. The molecule has 0 aromatic rings. The number of allylic oxidation sites excluding steroid dienone is 12. The van der Waals surface area contributed by atoms with Crippen LogP contribution in [0.2, 0.25) is 0 Å². The van der Waals surface area contributed by atoms with E-state index in [1.165, 1.54) is 238 Å². The SMILES string of the molecule is CC/C=C\C/C=C\C/C=C\C/C=C\CCCCCCCCCCCCC(=O)OC(COC(=O)CCCCCCCCCCCCCCC)COC(=O)CCCCCCCCCCCCCCCCC/C=C\C/C=C\CCCCCCC. The maximum atomic E-state index is 13.0. The smallest absolute Gasteiger partial charge is 0.306 e. The molecule has 0 saturated carbocycles. The van der Waals surface area contributed by atoms with Crippen molar-refractivity contribution in [3.63, 3.8) is 0 Å². The summed E-state index contributed by atoms with van der Waals surface area (Å²) in [5.41, 5.74) is 0. The molecule has 6 heteroatoms. The highest BCUT2D eigenvalue weighted by molar-refractivity contribution is 5.71. The van der Waals surface area contributed by atoms with Crippen LogP contribution in [0.3, 0.4) is 0 Å². The van der Waals surface area contributed by atoms with Crippen molar-refractivity contribution in [3.8, 4) is 0 Å². The quantitative estimate of drug-likeness (QED) is 0.0261. The largest absolute Gasteiger partial charge is 0.462 e. The van der Waals surface area contributed by atoms with Crippen LogP contribution in [0.4, 0.5) is 0 Å². The summed E-state index contributed by atoms with van der Waals surface area (Å²) in [6, 6.07) is 0. The lowest BCUT2D eigenvalue weighted by molar-refractivity contribution is -0.167. The van der Waals surface area contributed by atoms with Gasteiger partial charge in [-0.05, 0) is 89.9 Å². The third-order valence-corrected chi connectivity index (χ3v) is 15.7. The van der Waals surface area contributed by atoms with Gasteiger partial charge in [-0.15, -0.1) is 0 Å². The summed E-state index contributed by atoms with van der Waals surface area (Å²) >= 11 is 0. The van der Waals surface area contributed by atoms with E-state index in [2.05, 4.69) is 93.7 Å². The monoisotopic (exact) mass is 1130 g/mol. The van der Waals surface area contributed by atoms with Crippen LogP contribution in [0.15, 0.2) is 72.9 Å². The van der Waals surface area contributed by atoms with E-state index in [1.807, 2.05) is 0 Å². The number of carbonyl (C=O) groups is 3. The first-order valence-corrected chi connectivity index (χ1v) is 35.4. The molecule has 0 spiro atoms. The number of ether oxygens (including phenoxy) is 3. The summed E-state index contributed by atoms with van der Waals surface area (Å²) in [4.78, 5) is 38.4. The number of esters is 3. The molecule has 0 saturated heterocycles. The van der Waals surface area contributed by atoms with Crippen molar-refractivity contribution in [1.82, 2.24) is 0 Å². The maximum Gasteiger partial charge on any atom is 0.306 e. The molecule has 0 bridgehead atoms. The molecule has 0 aliphatic carbocycles. The molecule has 470 valence electrons. The van der Waals surface area contributed by atoms with Gasteiger partial charge in [0, 0.05) is 19.3 Å². The predicted molar refractivity (Wildman–Crippen MR) is 353 cm³/mol. The Kier molecular flexibility index (Phi) is 66.6. The fourth-order valence-corrected chi connectivity index (χ4v) is 10.4. The van der Waals surface area contributed by atoms with Crippen LogP contribution in [-0.2, 0) is 28.6 Å². The highest BCUT2D eigenvalue weighted by Gasteiger charge is 2.19. The predicted octanol–water partition coefficient (Wildman–Crippen LogP) is 24.4. The molecule has 0 aromatic carbocycles. The molecule has 0 aliphatic heterocycles. The van der Waals surface area contributed by atoms with Gasteiger partial charge in [0.1, 0.15) is 13.2 Å². The minimum Gasteiger partial charge on any atom is -0.462 e. The average molecular weight is 1130 g/mol. The van der Waals surface area contributed by atoms with E-state index >= 15 is 0 Å². The zero-order chi connectivity index (χ0) is 58.5. The van der Waals surface area contributed by atoms with E-state index in [0.717, 1.165) is 89.9 Å². The third-order valence-electron chi connectivity index (χ3n) is 15.7. The second-order valence-corrected chi connectivity index (χ2v) is 23.8. The Morgan fingerprint density at radius 1 is 0.259 bits per heavy atom. The summed E-state index contributed by atoms with van der Waals surface area (Å²) in [7, 11) is 0. The first-order valence-electron chi connectivity index (χ1n) is 35.4. The van der Waals surface area contributed by atoms with Crippen molar-refractivity contribution in [3.05, 3.63) is 72.9 Å². The van der Waals surface area contributed by atoms with Crippen molar-refractivity contribution in [2.24, 2.45) is 0 Å². The zero-order valence-electron chi connectivity index (χ0n) is 54.1. The van der Waals surface area contributed by atoms with Gasteiger partial charge in [0.05, 0.1) is 0 Å². The number of carbonyl (C=O) groups excluding carboxylic acids is 3.